The second-order valence-corrected chi connectivity index (χ2v) is 16.8. The van der Waals surface area contributed by atoms with Crippen LogP contribution >= 0.6 is 0 Å². The zero-order valence-electron chi connectivity index (χ0n) is 34.5. The van der Waals surface area contributed by atoms with Crippen LogP contribution in [0.25, 0.3) is 88.4 Å². The molecular weight excluding hydrogens is 761 g/mol. The van der Waals surface area contributed by atoms with Crippen LogP contribution in [0.1, 0.15) is 22.3 Å². The maximum atomic E-state index is 2.51. The summed E-state index contributed by atoms with van der Waals surface area (Å²) in [6.45, 7) is 0. The maximum absolute atomic E-state index is 2.51. The summed E-state index contributed by atoms with van der Waals surface area (Å²) in [6, 6.07) is 89.6. The smallest absolute Gasteiger partial charge is 0.0714 e. The van der Waals surface area contributed by atoms with Gasteiger partial charge in [-0.2, -0.15) is 0 Å². The SMILES string of the molecule is c1ccc(-c2ccc(-n3c4ccc(-c5ccc6c(c5)c5ccccc5n6-c5ccccc5)cc4c4cc5c(cc43)C(c3ccccc3)(c3ccccc3)c3ccccc3-5)cc2)cc1. The fourth-order valence-corrected chi connectivity index (χ4v) is 10.9. The van der Waals surface area contributed by atoms with Gasteiger partial charge in [0.25, 0.3) is 0 Å². The van der Waals surface area contributed by atoms with Crippen molar-refractivity contribution < 1.29 is 0 Å². The summed E-state index contributed by atoms with van der Waals surface area (Å²) >= 11 is 0. The van der Waals surface area contributed by atoms with Gasteiger partial charge in [0, 0.05) is 32.9 Å². The molecular formula is C61H40N2. The Morgan fingerprint density at radius 1 is 0.254 bits per heavy atom. The quantitative estimate of drug-likeness (QED) is 0.159. The molecule has 13 rings (SSSR count). The molecule has 2 heteroatoms. The van der Waals surface area contributed by atoms with E-state index in [-0.39, 0.29) is 0 Å². The monoisotopic (exact) mass is 800 g/mol. The van der Waals surface area contributed by atoms with Crippen LogP contribution < -0.4 is 0 Å². The van der Waals surface area contributed by atoms with E-state index >= 15 is 0 Å². The van der Waals surface area contributed by atoms with E-state index in [1.54, 1.807) is 0 Å². The number of nitrogens with zero attached hydrogens (tertiary/aromatic N) is 2. The van der Waals surface area contributed by atoms with E-state index in [2.05, 4.69) is 252 Å². The molecule has 10 aromatic carbocycles. The third-order valence-electron chi connectivity index (χ3n) is 13.6. The first-order chi connectivity index (χ1) is 31.3. The second-order valence-electron chi connectivity index (χ2n) is 16.8. The molecule has 0 fully saturated rings. The molecule has 12 aromatic rings. The summed E-state index contributed by atoms with van der Waals surface area (Å²) in [4.78, 5) is 0. The van der Waals surface area contributed by atoms with Gasteiger partial charge in [-0.25, -0.2) is 0 Å². The van der Waals surface area contributed by atoms with E-state index in [0.717, 1.165) is 5.69 Å². The first-order valence-electron chi connectivity index (χ1n) is 21.8. The number of benzene rings is 10. The maximum Gasteiger partial charge on any atom is 0.0714 e. The number of rotatable bonds is 6. The van der Waals surface area contributed by atoms with Crippen LogP contribution in [0.4, 0.5) is 0 Å². The van der Waals surface area contributed by atoms with Crippen molar-refractivity contribution in [3.05, 3.63) is 265 Å². The van der Waals surface area contributed by atoms with E-state index < -0.39 is 5.41 Å². The molecule has 0 radical (unpaired) electrons. The van der Waals surface area contributed by atoms with E-state index in [4.69, 9.17) is 0 Å². The zero-order chi connectivity index (χ0) is 41.5. The highest BCUT2D eigenvalue weighted by Gasteiger charge is 2.46. The Morgan fingerprint density at radius 3 is 1.38 bits per heavy atom. The molecule has 0 saturated carbocycles. The standard InChI is InChI=1S/C61H40N2/c1-5-17-41(18-6-1)42-29-33-48(34-30-42)63-59-36-32-44(43-31-35-58-52(37-43)50-26-14-16-28-57(50)62(58)47-23-11-4-12-24-47)38-53(59)54-39-51-49-25-13-15-27-55(49)61(56(51)40-60(54)63,45-19-7-2-8-20-45)46-21-9-3-10-22-46/h1-40H. The van der Waals surface area contributed by atoms with Gasteiger partial charge in [-0.3, -0.25) is 0 Å². The molecule has 0 N–H and O–H groups in total. The van der Waals surface area contributed by atoms with Crippen molar-refractivity contribution in [2.45, 2.75) is 5.41 Å². The molecule has 294 valence electrons. The highest BCUT2D eigenvalue weighted by atomic mass is 15.0. The number of hydrogen-bond donors (Lipinski definition) is 0. The normalized spacial score (nSPS) is 12.9. The van der Waals surface area contributed by atoms with Crippen molar-refractivity contribution in [2.75, 3.05) is 0 Å². The van der Waals surface area contributed by atoms with Crippen molar-refractivity contribution in [1.82, 2.24) is 9.13 Å². The van der Waals surface area contributed by atoms with Crippen molar-refractivity contribution in [1.29, 1.82) is 0 Å². The van der Waals surface area contributed by atoms with Gasteiger partial charge in [0.15, 0.2) is 0 Å². The van der Waals surface area contributed by atoms with Crippen molar-refractivity contribution in [3.8, 4) is 44.8 Å². The lowest BCUT2D eigenvalue weighted by Crippen LogP contribution is -2.28. The summed E-state index contributed by atoms with van der Waals surface area (Å²) in [5, 5.41) is 4.98. The van der Waals surface area contributed by atoms with Gasteiger partial charge in [-0.1, -0.05) is 176 Å². The van der Waals surface area contributed by atoms with Gasteiger partial charge in [0.2, 0.25) is 0 Å². The van der Waals surface area contributed by atoms with Crippen molar-refractivity contribution >= 4 is 43.6 Å². The van der Waals surface area contributed by atoms with Crippen LogP contribution in [0.5, 0.6) is 0 Å². The van der Waals surface area contributed by atoms with Gasteiger partial charge < -0.3 is 9.13 Å². The lowest BCUT2D eigenvalue weighted by atomic mass is 9.67. The molecule has 2 heterocycles. The number of aromatic nitrogens is 2. The molecule has 63 heavy (non-hydrogen) atoms. The summed E-state index contributed by atoms with van der Waals surface area (Å²) < 4.78 is 4.88. The van der Waals surface area contributed by atoms with E-state index in [1.165, 1.54) is 105 Å². The summed E-state index contributed by atoms with van der Waals surface area (Å²) in [5.41, 5.74) is 19.1. The van der Waals surface area contributed by atoms with Gasteiger partial charge >= 0.3 is 0 Å². The summed E-state index contributed by atoms with van der Waals surface area (Å²) in [7, 11) is 0. The van der Waals surface area contributed by atoms with Crippen LogP contribution in [-0.2, 0) is 5.41 Å². The van der Waals surface area contributed by atoms with Crippen LogP contribution in [0.3, 0.4) is 0 Å². The Morgan fingerprint density at radius 2 is 0.714 bits per heavy atom. The minimum Gasteiger partial charge on any atom is -0.309 e. The van der Waals surface area contributed by atoms with Crippen LogP contribution in [0.2, 0.25) is 0 Å². The van der Waals surface area contributed by atoms with E-state index in [0.29, 0.717) is 0 Å². The Hall–Kier alpha value is -8.20. The topological polar surface area (TPSA) is 9.86 Å². The Bertz CT molecular complexity index is 3650. The second kappa shape index (κ2) is 13.9. The van der Waals surface area contributed by atoms with Crippen molar-refractivity contribution in [2.24, 2.45) is 0 Å². The number of para-hydroxylation sites is 2. The Labute approximate surface area is 366 Å². The highest BCUT2D eigenvalue weighted by molar-refractivity contribution is 6.14. The first-order valence-corrected chi connectivity index (χ1v) is 21.8. The fourth-order valence-electron chi connectivity index (χ4n) is 10.9. The van der Waals surface area contributed by atoms with Gasteiger partial charge in [0.1, 0.15) is 0 Å². The number of fused-ring (bicyclic) bond motifs is 9. The molecule has 0 amide bonds. The van der Waals surface area contributed by atoms with Crippen LogP contribution in [0, 0.1) is 0 Å². The molecule has 1 aliphatic rings. The molecule has 0 bridgehead atoms. The fraction of sp³-hybridized carbons (Fsp3) is 0.0164. The third kappa shape index (κ3) is 5.25. The molecule has 1 aliphatic carbocycles. The van der Waals surface area contributed by atoms with Gasteiger partial charge in [0.05, 0.1) is 27.5 Å². The van der Waals surface area contributed by atoms with Crippen LogP contribution in [-0.4, -0.2) is 9.13 Å². The molecule has 0 unspecified atom stereocenters. The minimum absolute atomic E-state index is 0.499. The summed E-state index contributed by atoms with van der Waals surface area (Å²) in [5.74, 6) is 0. The third-order valence-corrected chi connectivity index (χ3v) is 13.6. The molecule has 0 atom stereocenters. The molecule has 0 spiro atoms. The zero-order valence-corrected chi connectivity index (χ0v) is 34.5. The Balaban J connectivity index is 1.08. The molecule has 2 aromatic heterocycles. The van der Waals surface area contributed by atoms with Gasteiger partial charge in [-0.15, -0.1) is 0 Å². The molecule has 0 aliphatic heterocycles. The molecule has 2 nitrogen and oxygen atoms in total. The van der Waals surface area contributed by atoms with Crippen molar-refractivity contribution in [3.63, 3.8) is 0 Å². The average molecular weight is 801 g/mol. The summed E-state index contributed by atoms with van der Waals surface area (Å²) in [6.07, 6.45) is 0. The first kappa shape index (κ1) is 35.5. The van der Waals surface area contributed by atoms with E-state index in [9.17, 15) is 0 Å². The average Bonchev–Trinajstić information content (AvgIpc) is 3.97. The lowest BCUT2D eigenvalue weighted by Gasteiger charge is -2.34. The Kier molecular flexibility index (Phi) is 7.85. The minimum atomic E-state index is -0.499. The molecule has 0 saturated heterocycles. The van der Waals surface area contributed by atoms with Crippen LogP contribution in [0.15, 0.2) is 243 Å². The largest absolute Gasteiger partial charge is 0.309 e. The number of hydrogen-bond acceptors (Lipinski definition) is 0. The lowest BCUT2D eigenvalue weighted by molar-refractivity contribution is 0.769. The predicted octanol–water partition coefficient (Wildman–Crippen LogP) is 15.6. The highest BCUT2D eigenvalue weighted by Crippen LogP contribution is 2.57. The predicted molar refractivity (Wildman–Crippen MR) is 263 cm³/mol. The van der Waals surface area contributed by atoms with E-state index in [1.807, 2.05) is 0 Å². The van der Waals surface area contributed by atoms with Gasteiger partial charge in [-0.05, 0) is 122 Å².